The molecule has 0 aliphatic rings. The summed E-state index contributed by atoms with van der Waals surface area (Å²) in [6.07, 6.45) is 3.22. The van der Waals surface area contributed by atoms with Crippen LogP contribution in [0.5, 0.6) is 0 Å². The van der Waals surface area contributed by atoms with Crippen LogP contribution in [0.4, 0.5) is 0 Å². The van der Waals surface area contributed by atoms with Crippen LogP contribution in [0.2, 0.25) is 0 Å². The van der Waals surface area contributed by atoms with Gasteiger partial charge >= 0.3 is 5.97 Å². The summed E-state index contributed by atoms with van der Waals surface area (Å²) >= 11 is 0. The van der Waals surface area contributed by atoms with Crippen LogP contribution >= 0.6 is 12.4 Å². The van der Waals surface area contributed by atoms with Crippen LogP contribution in [-0.4, -0.2) is 69.2 Å². The number of rotatable bonds is 11. The first-order valence-electron chi connectivity index (χ1n) is 10.7. The van der Waals surface area contributed by atoms with Crippen LogP contribution in [0, 0.1) is 6.92 Å². The summed E-state index contributed by atoms with van der Waals surface area (Å²) in [4.78, 5) is 27.2. The second-order valence-corrected chi connectivity index (χ2v) is 7.27. The van der Waals surface area contributed by atoms with Gasteiger partial charge < -0.3 is 30.5 Å². The number of aliphatic hydroxyl groups excluding tert-OH is 2. The summed E-state index contributed by atoms with van der Waals surface area (Å²) in [6, 6.07) is 3.73. The van der Waals surface area contributed by atoms with E-state index in [1.165, 1.54) is 6.20 Å². The Morgan fingerprint density at radius 3 is 2.00 bits per heavy atom. The van der Waals surface area contributed by atoms with Gasteiger partial charge in [0, 0.05) is 43.6 Å². The van der Waals surface area contributed by atoms with Crippen LogP contribution in [0.3, 0.4) is 0 Å². The van der Waals surface area contributed by atoms with Crippen molar-refractivity contribution in [1.29, 1.82) is 0 Å². The highest BCUT2D eigenvalue weighted by molar-refractivity contribution is 5.91. The van der Waals surface area contributed by atoms with Crippen LogP contribution < -0.4 is 16.1 Å². The summed E-state index contributed by atoms with van der Waals surface area (Å²) in [7, 11) is 0. The highest BCUT2D eigenvalue weighted by atomic mass is 35.5. The molecule has 0 fully saturated rings. The molecule has 9 nitrogen and oxygen atoms in total. The second-order valence-electron chi connectivity index (χ2n) is 7.27. The van der Waals surface area contributed by atoms with Crippen LogP contribution in [0.15, 0.2) is 23.1 Å². The maximum absolute atomic E-state index is 11.9. The zero-order chi connectivity index (χ0) is 23.4. The van der Waals surface area contributed by atoms with Gasteiger partial charge in [-0.3, -0.25) is 4.79 Å². The molecule has 0 radical (unpaired) electrons. The number of aliphatic hydroxyl groups is 2. The van der Waals surface area contributed by atoms with E-state index in [4.69, 9.17) is 15.3 Å². The number of nitrogens with zero attached hydrogens (tertiary/aromatic N) is 2. The van der Waals surface area contributed by atoms with Gasteiger partial charge in [0.2, 0.25) is 5.43 Å². The van der Waals surface area contributed by atoms with E-state index in [0.29, 0.717) is 17.6 Å². The Hall–Kier alpha value is -2.04. The Balaban J connectivity index is 0.000000596. The van der Waals surface area contributed by atoms with Gasteiger partial charge in [0.05, 0.1) is 18.6 Å². The number of halogens is 1. The molecule has 2 aromatic rings. The number of aromatic carboxylic acids is 1. The minimum atomic E-state index is -1.21. The number of hydrogen-bond donors (Lipinski definition) is 5. The quantitative estimate of drug-likeness (QED) is 0.311. The third-order valence-electron chi connectivity index (χ3n) is 5.05. The molecule has 0 saturated heterocycles. The zero-order valence-electron chi connectivity index (χ0n) is 19.3. The van der Waals surface area contributed by atoms with E-state index in [2.05, 4.69) is 15.6 Å². The fourth-order valence-corrected chi connectivity index (χ4v) is 2.98. The Morgan fingerprint density at radius 1 is 1.06 bits per heavy atom. The number of pyridine rings is 2. The predicted molar refractivity (Wildman–Crippen MR) is 129 cm³/mol. The average Bonchev–Trinajstić information content (AvgIpc) is 2.77. The van der Waals surface area contributed by atoms with Gasteiger partial charge in [0.25, 0.3) is 0 Å². The SMILES string of the molecule is CCC(CO)NCCNC(CC)CO.CCn1cc(C(=O)O)c(=O)c2ccc(C)nc21.Cl. The highest BCUT2D eigenvalue weighted by Gasteiger charge is 2.14. The van der Waals surface area contributed by atoms with Crippen LogP contribution in [0.25, 0.3) is 11.0 Å². The third-order valence-corrected chi connectivity index (χ3v) is 5.05. The Morgan fingerprint density at radius 2 is 1.59 bits per heavy atom. The predicted octanol–water partition coefficient (Wildman–Crippen LogP) is 1.55. The molecule has 182 valence electrons. The maximum Gasteiger partial charge on any atom is 0.341 e. The summed E-state index contributed by atoms with van der Waals surface area (Å²) in [5, 5.41) is 33.6. The maximum atomic E-state index is 11.9. The third kappa shape index (κ3) is 8.84. The molecule has 0 aliphatic heterocycles. The molecule has 2 atom stereocenters. The Bertz CT molecular complexity index is 868. The molecule has 0 saturated carbocycles. The van der Waals surface area contributed by atoms with Crippen molar-refractivity contribution in [2.45, 2.75) is 59.2 Å². The summed E-state index contributed by atoms with van der Waals surface area (Å²) in [6.45, 7) is 10.4. The number of hydrogen-bond acceptors (Lipinski definition) is 7. The molecule has 2 unspecified atom stereocenters. The van der Waals surface area contributed by atoms with Crippen molar-refractivity contribution < 1.29 is 20.1 Å². The van der Waals surface area contributed by atoms with Gasteiger partial charge in [0.15, 0.2) is 0 Å². The number of aryl methyl sites for hydroxylation is 2. The van der Waals surface area contributed by atoms with Crippen molar-refractivity contribution in [3.63, 3.8) is 0 Å². The first-order valence-corrected chi connectivity index (χ1v) is 10.7. The number of carbonyl (C=O) groups is 1. The van der Waals surface area contributed by atoms with E-state index in [1.807, 2.05) is 27.7 Å². The lowest BCUT2D eigenvalue weighted by Crippen LogP contribution is -2.40. The van der Waals surface area contributed by atoms with Crippen molar-refractivity contribution in [2.75, 3.05) is 26.3 Å². The molecule has 2 rings (SSSR count). The molecule has 0 bridgehead atoms. The lowest BCUT2D eigenvalue weighted by molar-refractivity contribution is 0.0695. The Labute approximate surface area is 195 Å². The first kappa shape index (κ1) is 30.0. The first-order chi connectivity index (χ1) is 14.8. The standard InChI is InChI=1S/C12H12N2O3.C10H24N2O2.ClH/c1-3-14-6-9(12(16)17)10(15)8-5-4-7(2)13-11(8)14;1-3-9(7-13)11-5-6-12-10(4-2)8-14;/h4-6H,3H2,1-2H3,(H,16,17);9-14H,3-8H2,1-2H3;1H. The smallest absolute Gasteiger partial charge is 0.341 e. The van der Waals surface area contributed by atoms with E-state index in [-0.39, 0.29) is 43.3 Å². The number of fused-ring (bicyclic) bond motifs is 1. The molecule has 32 heavy (non-hydrogen) atoms. The summed E-state index contributed by atoms with van der Waals surface area (Å²) < 4.78 is 1.67. The van der Waals surface area contributed by atoms with Crippen LogP contribution in [0.1, 0.15) is 49.7 Å². The van der Waals surface area contributed by atoms with E-state index < -0.39 is 11.4 Å². The Kier molecular flexibility index (Phi) is 14.7. The van der Waals surface area contributed by atoms with Crippen molar-refractivity contribution >= 4 is 29.4 Å². The summed E-state index contributed by atoms with van der Waals surface area (Å²) in [5.41, 5.74) is 0.624. The minimum Gasteiger partial charge on any atom is -0.477 e. The van der Waals surface area contributed by atoms with Crippen molar-refractivity contribution in [2.24, 2.45) is 0 Å². The van der Waals surface area contributed by atoms with Gasteiger partial charge in [-0.05, 0) is 38.8 Å². The van der Waals surface area contributed by atoms with Gasteiger partial charge in [0.1, 0.15) is 11.2 Å². The molecule has 0 aliphatic carbocycles. The minimum absolute atomic E-state index is 0. The molecule has 0 amide bonds. The van der Waals surface area contributed by atoms with Gasteiger partial charge in [-0.25, -0.2) is 9.78 Å². The molecule has 2 heterocycles. The number of carboxylic acid groups (broad SMARTS) is 1. The van der Waals surface area contributed by atoms with Crippen molar-refractivity contribution in [1.82, 2.24) is 20.2 Å². The molecule has 5 N–H and O–H groups in total. The monoisotopic (exact) mass is 472 g/mol. The largest absolute Gasteiger partial charge is 0.477 e. The molecule has 10 heteroatoms. The van der Waals surface area contributed by atoms with Gasteiger partial charge in [-0.15, -0.1) is 12.4 Å². The lowest BCUT2D eigenvalue weighted by atomic mass is 10.2. The molecular weight excluding hydrogens is 436 g/mol. The normalized spacial score (nSPS) is 12.4. The van der Waals surface area contributed by atoms with E-state index in [1.54, 1.807) is 16.7 Å². The topological polar surface area (TPSA) is 137 Å². The van der Waals surface area contributed by atoms with Gasteiger partial charge in [-0.2, -0.15) is 0 Å². The van der Waals surface area contributed by atoms with E-state index >= 15 is 0 Å². The van der Waals surface area contributed by atoms with Gasteiger partial charge in [-0.1, -0.05) is 13.8 Å². The lowest BCUT2D eigenvalue weighted by Gasteiger charge is -2.17. The molecule has 0 spiro atoms. The number of nitrogens with one attached hydrogen (secondary N) is 2. The van der Waals surface area contributed by atoms with Crippen LogP contribution in [-0.2, 0) is 6.54 Å². The van der Waals surface area contributed by atoms with E-state index in [0.717, 1.165) is 31.6 Å². The fraction of sp³-hybridized carbons (Fsp3) is 0.591. The zero-order valence-corrected chi connectivity index (χ0v) is 20.1. The number of carboxylic acids is 1. The highest BCUT2D eigenvalue weighted by Crippen LogP contribution is 2.10. The molecule has 0 aromatic carbocycles. The summed E-state index contributed by atoms with van der Waals surface area (Å²) in [5.74, 6) is -1.21. The molecular formula is C22H37ClN4O5. The van der Waals surface area contributed by atoms with Crippen molar-refractivity contribution in [3.8, 4) is 0 Å². The number of aromatic nitrogens is 2. The molecule has 2 aromatic heterocycles. The second kappa shape index (κ2) is 15.7. The van der Waals surface area contributed by atoms with Crippen molar-refractivity contribution in [3.05, 3.63) is 39.8 Å². The average molecular weight is 473 g/mol. The van der Waals surface area contributed by atoms with E-state index in [9.17, 15) is 9.59 Å². The fourth-order valence-electron chi connectivity index (χ4n) is 2.98.